The average molecular weight is 500 g/mol. The number of benzene rings is 3. The summed E-state index contributed by atoms with van der Waals surface area (Å²) in [6.07, 6.45) is 1.14. The number of aliphatic imine (C=N–C) groups is 1. The highest BCUT2D eigenvalue weighted by atomic mass is 35.5. The van der Waals surface area contributed by atoms with Gasteiger partial charge in [-0.1, -0.05) is 29.8 Å². The molecule has 0 aliphatic carbocycles. The molecule has 0 unspecified atom stereocenters. The van der Waals surface area contributed by atoms with Crippen LogP contribution in [0.3, 0.4) is 0 Å². The van der Waals surface area contributed by atoms with Gasteiger partial charge in [-0.25, -0.2) is 9.79 Å². The minimum atomic E-state index is -0.727. The number of urea groups is 1. The van der Waals surface area contributed by atoms with Gasteiger partial charge in [-0.05, 0) is 42.5 Å². The third-order valence-corrected chi connectivity index (χ3v) is 4.73. The lowest BCUT2D eigenvalue weighted by molar-refractivity contribution is 0.254. The number of anilines is 1. The van der Waals surface area contributed by atoms with Crippen LogP contribution < -0.4 is 15.4 Å². The van der Waals surface area contributed by atoms with Gasteiger partial charge in [0.15, 0.2) is 22.9 Å². The molecule has 0 radical (unpaired) electrons. The Labute approximate surface area is 211 Å². The van der Waals surface area contributed by atoms with Crippen molar-refractivity contribution in [3.8, 4) is 23.6 Å². The molecule has 0 aromatic heterocycles. The Balaban J connectivity index is 1.86. The topological polar surface area (TPSA) is 155 Å². The number of nitrogens with one attached hydrogen (secondary N) is 2. The summed E-state index contributed by atoms with van der Waals surface area (Å²) < 4.78 is 5.18. The first kappa shape index (κ1) is 25.4. The van der Waals surface area contributed by atoms with E-state index in [0.29, 0.717) is 22.1 Å². The van der Waals surface area contributed by atoms with Crippen LogP contribution in [0.25, 0.3) is 0 Å². The molecule has 0 atom stereocenters. The van der Waals surface area contributed by atoms with Crippen molar-refractivity contribution in [3.63, 3.8) is 0 Å². The smallest absolute Gasteiger partial charge is 0.324 e. The molecule has 36 heavy (non-hydrogen) atoms. The van der Waals surface area contributed by atoms with Crippen LogP contribution in [0.4, 0.5) is 21.9 Å². The molecule has 178 valence electrons. The second-order valence-corrected chi connectivity index (χ2v) is 7.35. The van der Waals surface area contributed by atoms with E-state index in [2.05, 4.69) is 25.9 Å². The maximum atomic E-state index is 12.2. The molecule has 3 rings (SSSR count). The van der Waals surface area contributed by atoms with Gasteiger partial charge in [0.2, 0.25) is 0 Å². The summed E-state index contributed by atoms with van der Waals surface area (Å²) in [5.41, 5.74) is 0.743. The summed E-state index contributed by atoms with van der Waals surface area (Å²) >= 11 is 5.87. The first-order valence-corrected chi connectivity index (χ1v) is 10.6. The Hall–Kier alpha value is -5.19. The van der Waals surface area contributed by atoms with Gasteiger partial charge in [0.05, 0.1) is 18.5 Å². The average Bonchev–Trinajstić information content (AvgIpc) is 2.89. The molecule has 10 nitrogen and oxygen atoms in total. The van der Waals surface area contributed by atoms with E-state index < -0.39 is 6.03 Å². The predicted octanol–water partition coefficient (Wildman–Crippen LogP) is 5.97. The van der Waals surface area contributed by atoms with Gasteiger partial charge in [0.1, 0.15) is 12.1 Å². The van der Waals surface area contributed by atoms with E-state index in [1.54, 1.807) is 66.7 Å². The second-order valence-electron chi connectivity index (χ2n) is 6.91. The lowest BCUT2D eigenvalue weighted by Crippen LogP contribution is -2.28. The van der Waals surface area contributed by atoms with E-state index in [1.165, 1.54) is 19.2 Å². The van der Waals surface area contributed by atoms with Gasteiger partial charge in [0, 0.05) is 28.6 Å². The number of rotatable bonds is 7. The standard InChI is InChI=1S/C25H18ClN7O3/c1-36-23-12-20(33-32-19-9-7-17(26)8-10-19)11-16(24(23)34)15-29-21(13-27)22(14-28)31-25(35)30-18-5-3-2-4-6-18/h2-12,15,34H,1H3,(H2,30,31,35). The van der Waals surface area contributed by atoms with Crippen LogP contribution in [0.1, 0.15) is 5.56 Å². The number of phenols is 1. The maximum absolute atomic E-state index is 12.2. The predicted molar refractivity (Wildman–Crippen MR) is 135 cm³/mol. The van der Waals surface area contributed by atoms with Gasteiger partial charge in [-0.15, -0.1) is 0 Å². The highest BCUT2D eigenvalue weighted by Gasteiger charge is 2.12. The monoisotopic (exact) mass is 499 g/mol. The second kappa shape index (κ2) is 12.3. The van der Waals surface area contributed by atoms with Gasteiger partial charge in [-0.3, -0.25) is 5.32 Å². The summed E-state index contributed by atoms with van der Waals surface area (Å²) in [4.78, 5) is 16.2. The van der Waals surface area contributed by atoms with E-state index in [1.807, 2.05) is 0 Å². The molecule has 0 bridgehead atoms. The first-order chi connectivity index (χ1) is 17.4. The lowest BCUT2D eigenvalue weighted by atomic mass is 10.1. The van der Waals surface area contributed by atoms with Crippen molar-refractivity contribution < 1.29 is 14.6 Å². The van der Waals surface area contributed by atoms with Crippen molar-refractivity contribution in [2.75, 3.05) is 12.4 Å². The molecule has 2 amide bonds. The number of amides is 2. The molecule has 0 saturated heterocycles. The number of ether oxygens (including phenoxy) is 1. The largest absolute Gasteiger partial charge is 0.504 e. The molecule has 0 aliphatic heterocycles. The highest BCUT2D eigenvalue weighted by molar-refractivity contribution is 6.30. The Kier molecular flexibility index (Phi) is 8.71. The number of azo groups is 1. The number of carbonyl (C=O) groups excluding carboxylic acids is 1. The van der Waals surface area contributed by atoms with Crippen LogP contribution in [-0.4, -0.2) is 24.5 Å². The van der Waals surface area contributed by atoms with E-state index >= 15 is 0 Å². The number of nitrogens with zero attached hydrogens (tertiary/aromatic N) is 5. The van der Waals surface area contributed by atoms with Crippen LogP contribution in [0.5, 0.6) is 11.5 Å². The Morgan fingerprint density at radius 3 is 2.36 bits per heavy atom. The summed E-state index contributed by atoms with van der Waals surface area (Å²) in [6, 6.07) is 20.9. The number of hydrogen-bond donors (Lipinski definition) is 3. The summed E-state index contributed by atoms with van der Waals surface area (Å²) in [6.45, 7) is 0. The zero-order valence-electron chi connectivity index (χ0n) is 18.8. The fraction of sp³-hybridized carbons (Fsp3) is 0.0400. The molecular weight excluding hydrogens is 482 g/mol. The van der Waals surface area contributed by atoms with E-state index in [-0.39, 0.29) is 28.5 Å². The number of allylic oxidation sites excluding steroid dienone is 2. The molecule has 0 fully saturated rings. The molecule has 3 N–H and O–H groups in total. The minimum absolute atomic E-state index is 0.0902. The van der Waals surface area contributed by atoms with Crippen molar-refractivity contribution >= 4 is 40.9 Å². The molecule has 3 aromatic carbocycles. The van der Waals surface area contributed by atoms with Crippen LogP contribution in [0, 0.1) is 22.7 Å². The quantitative estimate of drug-likeness (QED) is 0.207. The van der Waals surface area contributed by atoms with E-state index in [0.717, 1.165) is 6.21 Å². The molecular formula is C25H18ClN7O3. The fourth-order valence-corrected chi connectivity index (χ4v) is 2.90. The number of methoxy groups -OCH3 is 1. The molecule has 11 heteroatoms. The first-order valence-electron chi connectivity index (χ1n) is 10.2. The summed E-state index contributed by atoms with van der Waals surface area (Å²) in [7, 11) is 1.36. The molecule has 0 saturated carbocycles. The number of para-hydroxylation sites is 1. The van der Waals surface area contributed by atoms with Crippen molar-refractivity contribution in [2.24, 2.45) is 15.2 Å². The van der Waals surface area contributed by atoms with Crippen LogP contribution in [0.2, 0.25) is 5.02 Å². The summed E-state index contributed by atoms with van der Waals surface area (Å²) in [5.74, 6) is -0.176. The van der Waals surface area contributed by atoms with Crippen molar-refractivity contribution in [3.05, 3.63) is 88.7 Å². The SMILES string of the molecule is COc1cc(N=Nc2ccc(Cl)cc2)cc(C=NC(C#N)=C(C#N)NC(=O)Nc2ccccc2)c1O. The highest BCUT2D eigenvalue weighted by Crippen LogP contribution is 2.34. The van der Waals surface area contributed by atoms with Crippen LogP contribution >= 0.6 is 11.6 Å². The molecule has 0 spiro atoms. The van der Waals surface area contributed by atoms with Crippen LogP contribution in [-0.2, 0) is 0 Å². The van der Waals surface area contributed by atoms with E-state index in [4.69, 9.17) is 16.3 Å². The molecule has 3 aromatic rings. The number of halogens is 1. The van der Waals surface area contributed by atoms with Gasteiger partial charge >= 0.3 is 6.03 Å². The summed E-state index contributed by atoms with van der Waals surface area (Å²) in [5, 5.41) is 43.0. The minimum Gasteiger partial charge on any atom is -0.504 e. The number of nitriles is 2. The van der Waals surface area contributed by atoms with Crippen molar-refractivity contribution in [2.45, 2.75) is 0 Å². The van der Waals surface area contributed by atoms with Gasteiger partial charge < -0.3 is 15.2 Å². The Bertz CT molecular complexity index is 1420. The Morgan fingerprint density at radius 2 is 1.72 bits per heavy atom. The number of carbonyl (C=O) groups is 1. The maximum Gasteiger partial charge on any atom is 0.324 e. The zero-order valence-corrected chi connectivity index (χ0v) is 19.6. The van der Waals surface area contributed by atoms with Crippen LogP contribution in [0.15, 0.2) is 93.3 Å². The Morgan fingerprint density at radius 1 is 1.03 bits per heavy atom. The molecule has 0 aliphatic rings. The van der Waals surface area contributed by atoms with Crippen molar-refractivity contribution in [1.82, 2.24) is 5.32 Å². The van der Waals surface area contributed by atoms with E-state index in [9.17, 15) is 20.4 Å². The number of aromatic hydroxyl groups is 1. The zero-order chi connectivity index (χ0) is 25.9. The third-order valence-electron chi connectivity index (χ3n) is 4.47. The van der Waals surface area contributed by atoms with Gasteiger partial charge in [0.25, 0.3) is 0 Å². The number of hydrogen-bond acceptors (Lipinski definition) is 8. The molecule has 0 heterocycles. The number of phenolic OH excluding ortho intramolecular Hbond substituents is 1. The lowest BCUT2D eigenvalue weighted by Gasteiger charge is -2.08. The third kappa shape index (κ3) is 6.90. The van der Waals surface area contributed by atoms with Crippen molar-refractivity contribution in [1.29, 1.82) is 10.5 Å². The van der Waals surface area contributed by atoms with Gasteiger partial charge in [-0.2, -0.15) is 20.8 Å². The fourth-order valence-electron chi connectivity index (χ4n) is 2.77. The normalized spacial score (nSPS) is 11.4.